The van der Waals surface area contributed by atoms with Crippen LogP contribution in [0.25, 0.3) is 5.69 Å². The number of nitrogens with zero attached hydrogens (tertiary/aromatic N) is 4. The maximum Gasteiger partial charge on any atom is 0.325 e. The summed E-state index contributed by atoms with van der Waals surface area (Å²) in [5.74, 6) is -0.773. The van der Waals surface area contributed by atoms with Gasteiger partial charge in [0.25, 0.3) is 5.91 Å². The summed E-state index contributed by atoms with van der Waals surface area (Å²) in [6.07, 6.45) is 1.83. The number of anilines is 1. The number of ether oxygens (including phenoxy) is 1. The van der Waals surface area contributed by atoms with Crippen molar-refractivity contribution in [1.29, 1.82) is 0 Å². The Labute approximate surface area is 214 Å². The topological polar surface area (TPSA) is 96.8 Å². The highest BCUT2D eigenvalue weighted by Gasteiger charge is 2.32. The predicted octanol–water partition coefficient (Wildman–Crippen LogP) is 3.96. The molecule has 0 unspecified atom stereocenters. The number of fused-ring (bicyclic) bond motifs is 1. The normalized spacial score (nSPS) is 15.2. The molecular weight excluding hydrogens is 482 g/mol. The van der Waals surface area contributed by atoms with Crippen LogP contribution in [0.5, 0.6) is 0 Å². The fourth-order valence-electron chi connectivity index (χ4n) is 4.16. The summed E-state index contributed by atoms with van der Waals surface area (Å²) in [6, 6.07) is 13.8. The van der Waals surface area contributed by atoms with E-state index in [-0.39, 0.29) is 38.2 Å². The van der Waals surface area contributed by atoms with Crippen LogP contribution in [0.2, 0.25) is 5.02 Å². The lowest BCUT2D eigenvalue weighted by molar-refractivity contribution is -0.141. The molecule has 1 aromatic heterocycles. The Hall–Kier alpha value is -3.85. The molecule has 3 aromatic rings. The van der Waals surface area contributed by atoms with Gasteiger partial charge in [0, 0.05) is 31.0 Å². The van der Waals surface area contributed by atoms with Gasteiger partial charge in [-0.3, -0.25) is 9.59 Å². The number of hydrogen-bond donors (Lipinski definition) is 1. The molecule has 10 heteroatoms. The Morgan fingerprint density at radius 1 is 1.17 bits per heavy atom. The van der Waals surface area contributed by atoms with Gasteiger partial charge in [-0.2, -0.15) is 5.10 Å². The van der Waals surface area contributed by atoms with Crippen molar-refractivity contribution in [2.75, 3.05) is 24.6 Å². The summed E-state index contributed by atoms with van der Waals surface area (Å²) >= 11 is 6.57. The van der Waals surface area contributed by atoms with Crippen LogP contribution in [-0.2, 0) is 16.1 Å². The lowest BCUT2D eigenvalue weighted by Crippen LogP contribution is -2.49. The molecule has 2 aromatic carbocycles. The maximum absolute atomic E-state index is 13.7. The van der Waals surface area contributed by atoms with Crippen molar-refractivity contribution < 1.29 is 19.1 Å². The van der Waals surface area contributed by atoms with Crippen molar-refractivity contribution in [3.8, 4) is 5.69 Å². The number of hydrogen-bond acceptors (Lipinski definition) is 5. The number of nitrogens with one attached hydrogen (secondary N) is 1. The van der Waals surface area contributed by atoms with Crippen molar-refractivity contribution in [2.45, 2.75) is 33.4 Å². The molecule has 1 aliphatic rings. The van der Waals surface area contributed by atoms with Crippen LogP contribution in [0.1, 0.15) is 35.5 Å². The van der Waals surface area contributed by atoms with Crippen LogP contribution >= 0.6 is 11.6 Å². The van der Waals surface area contributed by atoms with Crippen LogP contribution in [0, 0.1) is 6.92 Å². The number of rotatable bonds is 5. The number of urea groups is 1. The molecule has 0 saturated carbocycles. The minimum atomic E-state index is -0.506. The molecule has 1 N–H and O–H groups in total. The first-order valence-corrected chi connectivity index (χ1v) is 12.1. The van der Waals surface area contributed by atoms with Crippen LogP contribution in [0.3, 0.4) is 0 Å². The number of amides is 3. The SMILES string of the molecule is CCOC(=O)CNC(=O)N1Cc2ccccc2N(C(=O)c2ccc(-n3ccc(C)n3)cc2Cl)C[C@H]1C. The van der Waals surface area contributed by atoms with Crippen LogP contribution in [0.4, 0.5) is 10.5 Å². The molecule has 0 aliphatic carbocycles. The van der Waals surface area contributed by atoms with E-state index in [0.717, 1.165) is 16.9 Å². The number of para-hydroxylation sites is 1. The Morgan fingerprint density at radius 2 is 1.94 bits per heavy atom. The molecule has 4 rings (SSSR count). The number of benzene rings is 2. The van der Waals surface area contributed by atoms with Crippen molar-refractivity contribution in [3.05, 3.63) is 76.6 Å². The van der Waals surface area contributed by atoms with E-state index in [9.17, 15) is 14.4 Å². The molecule has 1 aliphatic heterocycles. The summed E-state index contributed by atoms with van der Waals surface area (Å²) in [5, 5.41) is 7.31. The Morgan fingerprint density at radius 3 is 2.64 bits per heavy atom. The number of carbonyl (C=O) groups excluding carboxylic acids is 3. The zero-order chi connectivity index (χ0) is 25.8. The molecule has 36 heavy (non-hydrogen) atoms. The van der Waals surface area contributed by atoms with Gasteiger partial charge in [0.05, 0.1) is 28.6 Å². The van der Waals surface area contributed by atoms with Gasteiger partial charge in [-0.1, -0.05) is 29.8 Å². The van der Waals surface area contributed by atoms with Crippen LogP contribution in [-0.4, -0.2) is 58.3 Å². The second-order valence-electron chi connectivity index (χ2n) is 8.55. The molecule has 0 bridgehead atoms. The smallest absolute Gasteiger partial charge is 0.325 e. The molecule has 0 spiro atoms. The summed E-state index contributed by atoms with van der Waals surface area (Å²) in [6.45, 7) is 6.01. The Kier molecular flexibility index (Phi) is 7.59. The van der Waals surface area contributed by atoms with E-state index in [0.29, 0.717) is 16.3 Å². The van der Waals surface area contributed by atoms with Crippen molar-refractivity contribution >= 4 is 35.2 Å². The van der Waals surface area contributed by atoms with Crippen molar-refractivity contribution in [3.63, 3.8) is 0 Å². The molecule has 188 valence electrons. The summed E-state index contributed by atoms with van der Waals surface area (Å²) in [5.41, 5.74) is 3.49. The van der Waals surface area contributed by atoms with E-state index in [1.165, 1.54) is 0 Å². The molecule has 9 nitrogen and oxygen atoms in total. The largest absolute Gasteiger partial charge is 0.465 e. The van der Waals surface area contributed by atoms with Gasteiger partial charge in [0.2, 0.25) is 0 Å². The zero-order valence-electron chi connectivity index (χ0n) is 20.4. The third-order valence-corrected chi connectivity index (χ3v) is 6.28. The van der Waals surface area contributed by atoms with Gasteiger partial charge in [0.1, 0.15) is 6.54 Å². The molecule has 2 heterocycles. The van der Waals surface area contributed by atoms with Crippen molar-refractivity contribution in [1.82, 2.24) is 20.0 Å². The van der Waals surface area contributed by atoms with Gasteiger partial charge < -0.3 is 19.9 Å². The lowest BCUT2D eigenvalue weighted by Gasteiger charge is -2.29. The molecular formula is C26H28ClN5O4. The highest BCUT2D eigenvalue weighted by Crippen LogP contribution is 2.30. The number of aromatic nitrogens is 2. The lowest BCUT2D eigenvalue weighted by atomic mass is 10.1. The average Bonchev–Trinajstić information content (AvgIpc) is 3.24. The number of carbonyl (C=O) groups is 3. The molecule has 1 atom stereocenters. The van der Waals surface area contributed by atoms with Gasteiger partial charge in [-0.05, 0) is 56.7 Å². The minimum Gasteiger partial charge on any atom is -0.465 e. The number of halogens is 1. The highest BCUT2D eigenvalue weighted by atomic mass is 35.5. The fourth-order valence-corrected chi connectivity index (χ4v) is 4.41. The standard InChI is InChI=1S/C26H28ClN5O4/c1-4-36-24(33)14-28-26(35)30-16-19-7-5-6-8-23(19)31(15-18(30)3)25(34)21-10-9-20(13-22(21)27)32-12-11-17(2)29-32/h5-13,18H,4,14-16H2,1-3H3,(H,28,35)/t18-/m1/s1. The first-order valence-electron chi connectivity index (χ1n) is 11.7. The fraction of sp³-hybridized carbons (Fsp3) is 0.308. The van der Waals surface area contributed by atoms with E-state index in [1.807, 2.05) is 50.4 Å². The van der Waals surface area contributed by atoms with Crippen LogP contribution in [0.15, 0.2) is 54.7 Å². The molecule has 0 radical (unpaired) electrons. The Balaban J connectivity index is 1.59. The Bertz CT molecular complexity index is 1290. The predicted molar refractivity (Wildman–Crippen MR) is 136 cm³/mol. The summed E-state index contributed by atoms with van der Waals surface area (Å²) < 4.78 is 6.59. The summed E-state index contributed by atoms with van der Waals surface area (Å²) in [4.78, 5) is 41.6. The van der Waals surface area contributed by atoms with Gasteiger partial charge in [0.15, 0.2) is 0 Å². The van der Waals surface area contributed by atoms with E-state index in [2.05, 4.69) is 10.4 Å². The third-order valence-electron chi connectivity index (χ3n) is 5.97. The van der Waals surface area contributed by atoms with Gasteiger partial charge in [-0.15, -0.1) is 0 Å². The minimum absolute atomic E-state index is 0.224. The first kappa shape index (κ1) is 25.2. The maximum atomic E-state index is 13.7. The van der Waals surface area contributed by atoms with Gasteiger partial charge in [-0.25, -0.2) is 9.48 Å². The van der Waals surface area contributed by atoms with Gasteiger partial charge >= 0.3 is 12.0 Å². The van der Waals surface area contributed by atoms with E-state index in [1.54, 1.807) is 39.6 Å². The molecule has 3 amide bonds. The highest BCUT2D eigenvalue weighted by molar-refractivity contribution is 6.34. The second kappa shape index (κ2) is 10.8. The average molecular weight is 510 g/mol. The van der Waals surface area contributed by atoms with E-state index in [4.69, 9.17) is 16.3 Å². The monoisotopic (exact) mass is 509 g/mol. The summed E-state index contributed by atoms with van der Waals surface area (Å²) in [7, 11) is 0. The first-order chi connectivity index (χ1) is 17.3. The number of esters is 1. The van der Waals surface area contributed by atoms with Crippen molar-refractivity contribution in [2.24, 2.45) is 0 Å². The second-order valence-corrected chi connectivity index (χ2v) is 8.96. The molecule has 0 fully saturated rings. The van der Waals surface area contributed by atoms with E-state index >= 15 is 0 Å². The van der Waals surface area contributed by atoms with E-state index < -0.39 is 12.0 Å². The van der Waals surface area contributed by atoms with Crippen LogP contribution < -0.4 is 10.2 Å². The third kappa shape index (κ3) is 5.36. The molecule has 0 saturated heterocycles. The zero-order valence-corrected chi connectivity index (χ0v) is 21.2. The number of aryl methyl sites for hydroxylation is 1. The quantitative estimate of drug-likeness (QED) is 0.525.